The minimum atomic E-state index is 0.871. The highest BCUT2D eigenvalue weighted by Crippen LogP contribution is 2.31. The van der Waals surface area contributed by atoms with Crippen LogP contribution in [0.1, 0.15) is 5.69 Å². The van der Waals surface area contributed by atoms with E-state index >= 15 is 0 Å². The first-order valence-corrected chi connectivity index (χ1v) is 9.08. The topological polar surface area (TPSA) is 30.2 Å². The molecular formula is C19H13Br2N3. The number of aryl methyl sites for hydroxylation is 1. The zero-order valence-electron chi connectivity index (χ0n) is 12.9. The maximum atomic E-state index is 4.74. The van der Waals surface area contributed by atoms with E-state index < -0.39 is 0 Å². The third kappa shape index (κ3) is 2.68. The second-order valence-corrected chi connectivity index (χ2v) is 7.37. The summed E-state index contributed by atoms with van der Waals surface area (Å²) in [6.07, 6.45) is 1.84. The zero-order valence-corrected chi connectivity index (χ0v) is 16.0. The summed E-state index contributed by atoms with van der Waals surface area (Å²) >= 11 is 6.97. The molecule has 2 aromatic carbocycles. The van der Waals surface area contributed by atoms with Crippen LogP contribution in [-0.2, 0) is 0 Å². The van der Waals surface area contributed by atoms with Gasteiger partial charge in [-0.15, -0.1) is 0 Å². The summed E-state index contributed by atoms with van der Waals surface area (Å²) in [6.45, 7) is 2.03. The van der Waals surface area contributed by atoms with Crippen molar-refractivity contribution >= 4 is 37.5 Å². The monoisotopic (exact) mass is 441 g/mol. The van der Waals surface area contributed by atoms with Gasteiger partial charge in [0.05, 0.1) is 11.4 Å². The molecule has 2 aromatic heterocycles. The number of aromatic nitrogens is 3. The van der Waals surface area contributed by atoms with Crippen molar-refractivity contribution in [1.29, 1.82) is 0 Å². The predicted molar refractivity (Wildman–Crippen MR) is 104 cm³/mol. The molecule has 0 atom stereocenters. The minimum Gasteiger partial charge on any atom is -0.236 e. The van der Waals surface area contributed by atoms with Gasteiger partial charge in [-0.05, 0) is 42.8 Å². The van der Waals surface area contributed by atoms with Gasteiger partial charge in [0.2, 0.25) is 0 Å². The first-order valence-electron chi connectivity index (χ1n) is 7.50. The van der Waals surface area contributed by atoms with E-state index in [2.05, 4.69) is 61.1 Å². The van der Waals surface area contributed by atoms with Gasteiger partial charge in [-0.3, -0.25) is 0 Å². The van der Waals surface area contributed by atoms with Gasteiger partial charge in [-0.2, -0.15) is 5.10 Å². The first-order chi connectivity index (χ1) is 11.6. The third-order valence-electron chi connectivity index (χ3n) is 3.97. The second kappa shape index (κ2) is 6.15. The van der Waals surface area contributed by atoms with Gasteiger partial charge in [0.25, 0.3) is 0 Å². The molecule has 0 saturated carbocycles. The standard InChI is InChI=1S/C19H13Br2N3/c1-12-18(14-4-8-16(21)9-5-14)19-22-11-10-17(24(19)23-12)13-2-6-15(20)7-3-13/h2-11H,1H3. The quantitative estimate of drug-likeness (QED) is 0.387. The number of hydrogen-bond acceptors (Lipinski definition) is 2. The number of rotatable bonds is 2. The molecule has 4 aromatic rings. The Morgan fingerprint density at radius 3 is 2.00 bits per heavy atom. The van der Waals surface area contributed by atoms with E-state index in [0.717, 1.165) is 42.7 Å². The molecule has 0 N–H and O–H groups in total. The number of halogens is 2. The molecule has 4 rings (SSSR count). The van der Waals surface area contributed by atoms with Gasteiger partial charge in [-0.25, -0.2) is 9.50 Å². The normalized spacial score (nSPS) is 11.1. The van der Waals surface area contributed by atoms with Gasteiger partial charge in [0.15, 0.2) is 5.65 Å². The van der Waals surface area contributed by atoms with Crippen molar-refractivity contribution in [3.8, 4) is 22.4 Å². The van der Waals surface area contributed by atoms with Crippen LogP contribution in [0, 0.1) is 6.92 Å². The summed E-state index contributed by atoms with van der Waals surface area (Å²) < 4.78 is 4.04. The van der Waals surface area contributed by atoms with E-state index in [1.54, 1.807) is 0 Å². The van der Waals surface area contributed by atoms with Crippen LogP contribution >= 0.6 is 31.9 Å². The lowest BCUT2D eigenvalue weighted by Gasteiger charge is -2.05. The van der Waals surface area contributed by atoms with Crippen molar-refractivity contribution in [3.63, 3.8) is 0 Å². The number of benzene rings is 2. The van der Waals surface area contributed by atoms with Crippen LogP contribution in [0.4, 0.5) is 0 Å². The van der Waals surface area contributed by atoms with Gasteiger partial charge in [0, 0.05) is 26.3 Å². The Hall–Kier alpha value is -1.98. The molecule has 0 fully saturated rings. The molecule has 0 unspecified atom stereocenters. The fourth-order valence-corrected chi connectivity index (χ4v) is 3.37. The Bertz CT molecular complexity index is 1020. The average Bonchev–Trinajstić information content (AvgIpc) is 2.92. The van der Waals surface area contributed by atoms with Crippen molar-refractivity contribution in [2.75, 3.05) is 0 Å². The number of nitrogens with zero attached hydrogens (tertiary/aromatic N) is 3. The number of hydrogen-bond donors (Lipinski definition) is 0. The van der Waals surface area contributed by atoms with Crippen LogP contribution in [-0.4, -0.2) is 14.6 Å². The van der Waals surface area contributed by atoms with E-state index in [0.29, 0.717) is 0 Å². The Kier molecular flexibility index (Phi) is 3.98. The average molecular weight is 443 g/mol. The maximum Gasteiger partial charge on any atom is 0.163 e. The van der Waals surface area contributed by atoms with E-state index in [-0.39, 0.29) is 0 Å². The van der Waals surface area contributed by atoms with E-state index in [1.165, 1.54) is 0 Å². The molecule has 0 spiro atoms. The van der Waals surface area contributed by atoms with Crippen molar-refractivity contribution in [2.24, 2.45) is 0 Å². The minimum absolute atomic E-state index is 0.871. The fraction of sp³-hybridized carbons (Fsp3) is 0.0526. The van der Waals surface area contributed by atoms with Crippen LogP contribution in [0.5, 0.6) is 0 Å². The van der Waals surface area contributed by atoms with Crippen LogP contribution in [0.2, 0.25) is 0 Å². The maximum absolute atomic E-state index is 4.74. The van der Waals surface area contributed by atoms with E-state index in [1.807, 2.05) is 48.0 Å². The summed E-state index contributed by atoms with van der Waals surface area (Å²) in [5, 5.41) is 4.74. The molecule has 24 heavy (non-hydrogen) atoms. The summed E-state index contributed by atoms with van der Waals surface area (Å²) in [4.78, 5) is 4.58. The van der Waals surface area contributed by atoms with Crippen molar-refractivity contribution < 1.29 is 0 Å². The Balaban J connectivity index is 1.95. The molecular weight excluding hydrogens is 430 g/mol. The molecule has 3 nitrogen and oxygen atoms in total. The predicted octanol–water partition coefficient (Wildman–Crippen LogP) is 5.90. The van der Waals surface area contributed by atoms with Crippen LogP contribution in [0.3, 0.4) is 0 Å². The zero-order chi connectivity index (χ0) is 16.7. The molecule has 118 valence electrons. The third-order valence-corrected chi connectivity index (χ3v) is 5.02. The Labute approximate surface area is 156 Å². The van der Waals surface area contributed by atoms with Crippen LogP contribution in [0.25, 0.3) is 28.0 Å². The SMILES string of the molecule is Cc1nn2c(-c3ccc(Br)cc3)ccnc2c1-c1ccc(Br)cc1. The van der Waals surface area contributed by atoms with Crippen molar-refractivity contribution in [2.45, 2.75) is 6.92 Å². The molecule has 0 aliphatic rings. The largest absolute Gasteiger partial charge is 0.236 e. The highest BCUT2D eigenvalue weighted by atomic mass is 79.9. The smallest absolute Gasteiger partial charge is 0.163 e. The van der Waals surface area contributed by atoms with E-state index in [4.69, 9.17) is 5.10 Å². The van der Waals surface area contributed by atoms with Crippen molar-refractivity contribution in [3.05, 3.63) is 75.4 Å². The lowest BCUT2D eigenvalue weighted by Crippen LogP contribution is -1.95. The van der Waals surface area contributed by atoms with Gasteiger partial charge < -0.3 is 0 Å². The Morgan fingerprint density at radius 1 is 0.792 bits per heavy atom. The lowest BCUT2D eigenvalue weighted by molar-refractivity contribution is 0.925. The summed E-state index contributed by atoms with van der Waals surface area (Å²) in [5.41, 5.74) is 6.16. The molecule has 2 heterocycles. The van der Waals surface area contributed by atoms with Crippen LogP contribution < -0.4 is 0 Å². The van der Waals surface area contributed by atoms with Gasteiger partial charge >= 0.3 is 0 Å². The van der Waals surface area contributed by atoms with Crippen LogP contribution in [0.15, 0.2) is 69.7 Å². The molecule has 0 aliphatic heterocycles. The summed E-state index contributed by atoms with van der Waals surface area (Å²) in [7, 11) is 0. The van der Waals surface area contributed by atoms with Gasteiger partial charge in [-0.1, -0.05) is 56.1 Å². The second-order valence-electron chi connectivity index (χ2n) is 5.54. The molecule has 0 aliphatic carbocycles. The summed E-state index contributed by atoms with van der Waals surface area (Å²) in [6, 6.07) is 18.5. The van der Waals surface area contributed by atoms with Crippen molar-refractivity contribution in [1.82, 2.24) is 14.6 Å². The Morgan fingerprint density at radius 2 is 1.38 bits per heavy atom. The number of fused-ring (bicyclic) bond motifs is 1. The summed E-state index contributed by atoms with van der Waals surface area (Å²) in [5.74, 6) is 0. The molecule has 0 bridgehead atoms. The van der Waals surface area contributed by atoms with Gasteiger partial charge in [0.1, 0.15) is 0 Å². The molecule has 0 amide bonds. The van der Waals surface area contributed by atoms with E-state index in [9.17, 15) is 0 Å². The highest BCUT2D eigenvalue weighted by Gasteiger charge is 2.15. The first kappa shape index (κ1) is 15.5. The molecule has 0 radical (unpaired) electrons. The highest BCUT2D eigenvalue weighted by molar-refractivity contribution is 9.10. The fourth-order valence-electron chi connectivity index (χ4n) is 2.85. The lowest BCUT2D eigenvalue weighted by atomic mass is 10.1. The molecule has 0 saturated heterocycles. The molecule has 5 heteroatoms.